The van der Waals surface area contributed by atoms with Gasteiger partial charge in [0.05, 0.1) is 19.4 Å². The van der Waals surface area contributed by atoms with Crippen LogP contribution in [0.1, 0.15) is 23.4 Å². The van der Waals surface area contributed by atoms with Gasteiger partial charge in [-0.15, -0.1) is 0 Å². The van der Waals surface area contributed by atoms with E-state index in [9.17, 15) is 14.0 Å². The van der Waals surface area contributed by atoms with Crippen molar-refractivity contribution in [1.29, 1.82) is 0 Å². The summed E-state index contributed by atoms with van der Waals surface area (Å²) in [6, 6.07) is 9.27. The van der Waals surface area contributed by atoms with E-state index in [-0.39, 0.29) is 30.7 Å². The summed E-state index contributed by atoms with van der Waals surface area (Å²) in [6.07, 6.45) is 2.96. The number of nitrogens with zero attached hydrogens (tertiary/aromatic N) is 2. The topological polar surface area (TPSA) is 63.0 Å². The van der Waals surface area contributed by atoms with Crippen molar-refractivity contribution in [2.45, 2.75) is 18.4 Å². The zero-order valence-corrected chi connectivity index (χ0v) is 14.2. The van der Waals surface area contributed by atoms with Crippen LogP contribution >= 0.6 is 0 Å². The number of anilines is 1. The number of carbonyl (C=O) groups is 2. The number of hydrogen-bond donors (Lipinski definition) is 0. The maximum absolute atomic E-state index is 13.6. The van der Waals surface area contributed by atoms with E-state index in [0.717, 1.165) is 12.8 Å². The lowest BCUT2D eigenvalue weighted by molar-refractivity contribution is -0.144. The van der Waals surface area contributed by atoms with Crippen molar-refractivity contribution in [1.82, 2.24) is 4.90 Å². The van der Waals surface area contributed by atoms with Gasteiger partial charge in [0.15, 0.2) is 5.76 Å². The van der Waals surface area contributed by atoms with Gasteiger partial charge >= 0.3 is 0 Å². The lowest BCUT2D eigenvalue weighted by atomic mass is 9.90. The predicted octanol–water partition coefficient (Wildman–Crippen LogP) is 2.46. The number of rotatable bonds is 2. The molecule has 2 aliphatic rings. The molecule has 1 spiro atoms. The molecule has 2 aromatic rings. The third-order valence-corrected chi connectivity index (χ3v) is 4.93. The van der Waals surface area contributed by atoms with Crippen LogP contribution in [0.5, 0.6) is 0 Å². The van der Waals surface area contributed by atoms with Crippen LogP contribution < -0.4 is 4.90 Å². The summed E-state index contributed by atoms with van der Waals surface area (Å²) in [5, 5.41) is 0. The highest BCUT2D eigenvalue weighted by atomic mass is 19.1. The summed E-state index contributed by atoms with van der Waals surface area (Å²) in [6.45, 7) is 1.18. The monoisotopic (exact) mass is 358 g/mol. The van der Waals surface area contributed by atoms with Gasteiger partial charge in [-0.25, -0.2) is 4.39 Å². The molecule has 3 heterocycles. The Morgan fingerprint density at radius 1 is 1.19 bits per heavy atom. The number of benzene rings is 1. The Morgan fingerprint density at radius 3 is 2.85 bits per heavy atom. The first-order chi connectivity index (χ1) is 12.6. The summed E-state index contributed by atoms with van der Waals surface area (Å²) in [5.74, 6) is -0.507. The largest absolute Gasteiger partial charge is 0.459 e. The maximum atomic E-state index is 13.6. The van der Waals surface area contributed by atoms with Crippen molar-refractivity contribution in [2.24, 2.45) is 0 Å². The lowest BCUT2D eigenvalue weighted by Crippen LogP contribution is -2.62. The molecule has 0 saturated carbocycles. The SMILES string of the molecule is O=C(c1ccco1)N1CCCC2(C1)CN(c1cccc(F)c1)C(=O)CO2. The van der Waals surface area contributed by atoms with E-state index >= 15 is 0 Å². The molecule has 0 radical (unpaired) electrons. The first kappa shape index (κ1) is 16.8. The minimum atomic E-state index is -0.652. The number of ether oxygens (including phenoxy) is 1. The van der Waals surface area contributed by atoms with Gasteiger partial charge in [-0.3, -0.25) is 9.59 Å². The highest BCUT2D eigenvalue weighted by molar-refractivity contribution is 5.95. The van der Waals surface area contributed by atoms with E-state index in [4.69, 9.17) is 9.15 Å². The van der Waals surface area contributed by atoms with Gasteiger partial charge in [-0.2, -0.15) is 0 Å². The molecule has 6 nitrogen and oxygen atoms in total. The van der Waals surface area contributed by atoms with E-state index in [2.05, 4.69) is 0 Å². The van der Waals surface area contributed by atoms with Crippen LogP contribution in [0.4, 0.5) is 10.1 Å². The van der Waals surface area contributed by atoms with Gasteiger partial charge in [0.25, 0.3) is 11.8 Å². The Bertz CT molecular complexity index is 823. The molecule has 2 fully saturated rings. The number of morpholine rings is 1. The summed E-state index contributed by atoms with van der Waals surface area (Å²) < 4.78 is 24.7. The highest BCUT2D eigenvalue weighted by Crippen LogP contribution is 2.32. The molecule has 2 amide bonds. The molecule has 136 valence electrons. The highest BCUT2D eigenvalue weighted by Gasteiger charge is 2.44. The normalized spacial score (nSPS) is 23.5. The van der Waals surface area contributed by atoms with Gasteiger partial charge in [0.1, 0.15) is 18.0 Å². The van der Waals surface area contributed by atoms with Gasteiger partial charge in [0.2, 0.25) is 0 Å². The molecule has 2 saturated heterocycles. The standard InChI is InChI=1S/C19H19FN2O4/c20-14-4-1-5-15(10-14)22-13-19(26-11-17(22)23)7-3-8-21(12-19)18(24)16-6-2-9-25-16/h1-2,4-6,9-10H,3,7-8,11-13H2. The van der Waals surface area contributed by atoms with E-state index in [1.54, 1.807) is 34.1 Å². The van der Waals surface area contributed by atoms with Gasteiger partial charge in [-0.1, -0.05) is 6.07 Å². The van der Waals surface area contributed by atoms with Crippen LogP contribution in [0.3, 0.4) is 0 Å². The molecule has 0 bridgehead atoms. The molecule has 4 rings (SSSR count). The molecule has 26 heavy (non-hydrogen) atoms. The van der Waals surface area contributed by atoms with Crippen LogP contribution in [0.25, 0.3) is 0 Å². The molecule has 0 N–H and O–H groups in total. The molecule has 0 aliphatic carbocycles. The summed E-state index contributed by atoms with van der Waals surface area (Å²) in [4.78, 5) is 28.2. The Hall–Kier alpha value is -2.67. The third kappa shape index (κ3) is 3.10. The number of hydrogen-bond acceptors (Lipinski definition) is 4. The molecule has 1 aromatic carbocycles. The molecule has 1 aromatic heterocycles. The Kier molecular flexibility index (Phi) is 4.24. The third-order valence-electron chi connectivity index (χ3n) is 4.93. The van der Waals surface area contributed by atoms with Crippen LogP contribution in [0, 0.1) is 5.82 Å². The van der Waals surface area contributed by atoms with E-state index in [0.29, 0.717) is 18.8 Å². The number of carbonyl (C=O) groups excluding carboxylic acids is 2. The van der Waals surface area contributed by atoms with Crippen molar-refractivity contribution in [3.8, 4) is 0 Å². The first-order valence-corrected chi connectivity index (χ1v) is 8.59. The fourth-order valence-electron chi connectivity index (χ4n) is 3.67. The Balaban J connectivity index is 1.55. The van der Waals surface area contributed by atoms with Gasteiger partial charge in [-0.05, 0) is 43.2 Å². The Labute approximate surface area is 150 Å². The van der Waals surface area contributed by atoms with Crippen molar-refractivity contribution >= 4 is 17.5 Å². The first-order valence-electron chi connectivity index (χ1n) is 8.59. The number of piperidine rings is 1. The van der Waals surface area contributed by atoms with Crippen molar-refractivity contribution < 1.29 is 23.1 Å². The second-order valence-electron chi connectivity index (χ2n) is 6.74. The van der Waals surface area contributed by atoms with Crippen molar-refractivity contribution in [3.63, 3.8) is 0 Å². The molecule has 7 heteroatoms. The van der Waals surface area contributed by atoms with Crippen molar-refractivity contribution in [3.05, 3.63) is 54.2 Å². The van der Waals surface area contributed by atoms with E-state index in [1.807, 2.05) is 0 Å². The predicted molar refractivity (Wildman–Crippen MR) is 91.3 cm³/mol. The molecular formula is C19H19FN2O4. The minimum absolute atomic E-state index is 0.0840. The van der Waals surface area contributed by atoms with Gasteiger partial charge < -0.3 is 19.0 Å². The maximum Gasteiger partial charge on any atom is 0.289 e. The smallest absolute Gasteiger partial charge is 0.289 e. The average molecular weight is 358 g/mol. The van der Waals surface area contributed by atoms with Crippen LogP contribution in [-0.2, 0) is 9.53 Å². The average Bonchev–Trinajstić information content (AvgIpc) is 3.18. The second-order valence-corrected chi connectivity index (χ2v) is 6.74. The molecule has 2 aliphatic heterocycles. The van der Waals surface area contributed by atoms with E-state index < -0.39 is 11.4 Å². The van der Waals surface area contributed by atoms with Gasteiger partial charge in [0, 0.05) is 12.2 Å². The summed E-state index contributed by atoms with van der Waals surface area (Å²) >= 11 is 0. The summed E-state index contributed by atoms with van der Waals surface area (Å²) in [5.41, 5.74) is -0.145. The molecule has 1 atom stereocenters. The number of amides is 2. The fourth-order valence-corrected chi connectivity index (χ4v) is 3.67. The zero-order valence-electron chi connectivity index (χ0n) is 14.2. The number of likely N-dealkylation sites (tertiary alicyclic amines) is 1. The Morgan fingerprint density at radius 2 is 2.08 bits per heavy atom. The minimum Gasteiger partial charge on any atom is -0.459 e. The quantitative estimate of drug-likeness (QED) is 0.827. The van der Waals surface area contributed by atoms with Crippen LogP contribution in [-0.4, -0.2) is 48.6 Å². The number of halogens is 1. The van der Waals surface area contributed by atoms with E-state index in [1.165, 1.54) is 18.4 Å². The zero-order chi connectivity index (χ0) is 18.1. The molecule has 1 unspecified atom stereocenters. The lowest BCUT2D eigenvalue weighted by Gasteiger charge is -2.47. The van der Waals surface area contributed by atoms with Crippen molar-refractivity contribution in [2.75, 3.05) is 31.1 Å². The fraction of sp³-hybridized carbons (Fsp3) is 0.368. The van der Waals surface area contributed by atoms with Crippen LogP contribution in [0.2, 0.25) is 0 Å². The van der Waals surface area contributed by atoms with Crippen LogP contribution in [0.15, 0.2) is 47.1 Å². The molecular weight excluding hydrogens is 339 g/mol. The second kappa shape index (κ2) is 6.57. The summed E-state index contributed by atoms with van der Waals surface area (Å²) in [7, 11) is 0. The number of furan rings is 1.